The maximum absolute atomic E-state index is 10.3. The first-order valence-corrected chi connectivity index (χ1v) is 8.63. The van der Waals surface area contributed by atoms with Crippen LogP contribution in [0.25, 0.3) is 0 Å². The van der Waals surface area contributed by atoms with Crippen LogP contribution in [0.4, 0.5) is 5.82 Å². The molecule has 150 valence electrons. The smallest absolute Gasteiger partial charge is 0.176 e. The number of rotatable bonds is 6. The molecule has 3 rings (SSSR count). The molecule has 1 aromatic rings. The number of imidazole rings is 1. The number of hydrazine groups is 1. The van der Waals surface area contributed by atoms with E-state index in [9.17, 15) is 20.4 Å². The van der Waals surface area contributed by atoms with Crippen molar-refractivity contribution in [1.29, 1.82) is 0 Å². The first-order chi connectivity index (χ1) is 13.0. The number of ether oxygens (including phenoxy) is 1. The van der Waals surface area contributed by atoms with E-state index in [1.807, 2.05) is 13.0 Å². The van der Waals surface area contributed by atoms with E-state index >= 15 is 0 Å². The standard InChI is InChI=1S/C16H25N5O6/c1-9(5-22)2-3-19-20-4-10-15(17-7-20)18-8-21(10)16-14(26)13(25)12(24)11(6-23)27-16/h2,7-8,11-14,16,19,22-26H,3-6H2,1H3/b9-2+/t11-,12-,13+,14-,16-/m1/s1. The molecular formula is C16H25N5O6. The summed E-state index contributed by atoms with van der Waals surface area (Å²) in [5.41, 5.74) is 4.59. The number of hydrogen-bond donors (Lipinski definition) is 6. The number of hydrogen-bond acceptors (Lipinski definition) is 10. The molecule has 0 aliphatic carbocycles. The lowest BCUT2D eigenvalue weighted by Crippen LogP contribution is -2.56. The van der Waals surface area contributed by atoms with Crippen LogP contribution in [-0.2, 0) is 11.3 Å². The lowest BCUT2D eigenvalue weighted by atomic mass is 9.98. The second kappa shape index (κ2) is 8.44. The third kappa shape index (κ3) is 4.04. The van der Waals surface area contributed by atoms with Crippen LogP contribution < -0.4 is 5.43 Å². The zero-order chi connectivity index (χ0) is 19.6. The number of nitrogens with one attached hydrogen (secondary N) is 1. The maximum atomic E-state index is 10.3. The van der Waals surface area contributed by atoms with Gasteiger partial charge < -0.3 is 34.8 Å². The molecule has 6 N–H and O–H groups in total. The Hall–Kier alpha value is -1.86. The van der Waals surface area contributed by atoms with Gasteiger partial charge in [0, 0.05) is 6.54 Å². The first-order valence-electron chi connectivity index (χ1n) is 8.63. The van der Waals surface area contributed by atoms with Gasteiger partial charge in [-0.1, -0.05) is 11.6 Å². The fourth-order valence-electron chi connectivity index (χ4n) is 2.99. The van der Waals surface area contributed by atoms with Gasteiger partial charge >= 0.3 is 0 Å². The Balaban J connectivity index is 1.75. The molecule has 1 aromatic heterocycles. The van der Waals surface area contributed by atoms with E-state index in [1.54, 1.807) is 11.3 Å². The molecule has 1 saturated heterocycles. The summed E-state index contributed by atoms with van der Waals surface area (Å²) in [6.45, 7) is 2.16. The third-order valence-corrected chi connectivity index (χ3v) is 4.65. The van der Waals surface area contributed by atoms with Crippen molar-refractivity contribution in [3.8, 4) is 0 Å². The van der Waals surface area contributed by atoms with Crippen LogP contribution in [0.5, 0.6) is 0 Å². The Labute approximate surface area is 155 Å². The van der Waals surface area contributed by atoms with Crippen molar-refractivity contribution in [3.63, 3.8) is 0 Å². The minimum atomic E-state index is -1.47. The van der Waals surface area contributed by atoms with Gasteiger partial charge in [-0.15, -0.1) is 0 Å². The van der Waals surface area contributed by atoms with Crippen LogP contribution in [0.2, 0.25) is 0 Å². The Bertz CT molecular complexity index is 705. The maximum Gasteiger partial charge on any atom is 0.176 e. The topological polar surface area (TPSA) is 156 Å². The zero-order valence-corrected chi connectivity index (χ0v) is 14.9. The summed E-state index contributed by atoms with van der Waals surface area (Å²) in [4.78, 5) is 8.43. The number of aliphatic hydroxyl groups is 5. The van der Waals surface area contributed by atoms with Crippen LogP contribution in [0.3, 0.4) is 0 Å². The Morgan fingerprint density at radius 3 is 2.78 bits per heavy atom. The third-order valence-electron chi connectivity index (χ3n) is 4.65. The minimum Gasteiger partial charge on any atom is -0.394 e. The van der Waals surface area contributed by atoms with Crippen molar-refractivity contribution in [2.24, 2.45) is 4.99 Å². The number of aliphatic imine (C=N–C) groups is 1. The molecule has 11 heteroatoms. The van der Waals surface area contributed by atoms with Gasteiger partial charge in [-0.2, -0.15) is 0 Å². The summed E-state index contributed by atoms with van der Waals surface area (Å²) < 4.78 is 7.13. The van der Waals surface area contributed by atoms with Gasteiger partial charge in [0.05, 0.1) is 31.8 Å². The highest BCUT2D eigenvalue weighted by Gasteiger charge is 2.45. The van der Waals surface area contributed by atoms with E-state index in [0.29, 0.717) is 24.6 Å². The monoisotopic (exact) mass is 383 g/mol. The van der Waals surface area contributed by atoms with Crippen LogP contribution in [-0.4, -0.2) is 90.6 Å². The summed E-state index contributed by atoms with van der Waals surface area (Å²) in [7, 11) is 0. The molecule has 2 aliphatic heterocycles. The molecule has 0 unspecified atom stereocenters. The summed E-state index contributed by atoms with van der Waals surface area (Å²) in [6, 6.07) is 0. The molecule has 0 amide bonds. The average molecular weight is 383 g/mol. The first kappa shape index (κ1) is 19.9. The van der Waals surface area contributed by atoms with Gasteiger partial charge in [0.15, 0.2) is 12.0 Å². The Morgan fingerprint density at radius 2 is 2.07 bits per heavy atom. The second-order valence-electron chi connectivity index (χ2n) is 6.58. The number of aliphatic hydroxyl groups excluding tert-OH is 5. The van der Waals surface area contributed by atoms with Gasteiger partial charge in [0.2, 0.25) is 0 Å². The highest BCUT2D eigenvalue weighted by molar-refractivity contribution is 5.63. The molecule has 11 nitrogen and oxygen atoms in total. The lowest BCUT2D eigenvalue weighted by molar-refractivity contribution is -0.251. The summed E-state index contributed by atoms with van der Waals surface area (Å²) >= 11 is 0. The predicted octanol–water partition coefficient (Wildman–Crippen LogP) is -2.23. The molecule has 0 aromatic carbocycles. The molecule has 0 radical (unpaired) electrons. The predicted molar refractivity (Wildman–Crippen MR) is 93.8 cm³/mol. The van der Waals surface area contributed by atoms with Crippen LogP contribution in [0, 0.1) is 0 Å². The molecule has 0 spiro atoms. The van der Waals surface area contributed by atoms with E-state index in [2.05, 4.69) is 15.4 Å². The van der Waals surface area contributed by atoms with E-state index in [1.165, 1.54) is 10.9 Å². The van der Waals surface area contributed by atoms with Crippen LogP contribution in [0.1, 0.15) is 18.8 Å². The Morgan fingerprint density at radius 1 is 1.30 bits per heavy atom. The fraction of sp³-hybridized carbons (Fsp3) is 0.625. The molecule has 3 heterocycles. The highest BCUT2D eigenvalue weighted by atomic mass is 16.6. The minimum absolute atomic E-state index is 0.0101. The Kier molecular flexibility index (Phi) is 6.22. The average Bonchev–Trinajstić information content (AvgIpc) is 3.09. The molecule has 2 aliphatic rings. The van der Waals surface area contributed by atoms with Gasteiger partial charge in [0.1, 0.15) is 30.8 Å². The van der Waals surface area contributed by atoms with Gasteiger partial charge in [-0.3, -0.25) is 5.01 Å². The summed E-state index contributed by atoms with van der Waals surface area (Å²) in [5.74, 6) is 0.451. The van der Waals surface area contributed by atoms with Gasteiger partial charge in [-0.05, 0) is 6.92 Å². The zero-order valence-electron chi connectivity index (χ0n) is 14.9. The molecule has 1 fully saturated rings. The van der Waals surface area contributed by atoms with Gasteiger partial charge in [-0.25, -0.2) is 15.4 Å². The van der Waals surface area contributed by atoms with E-state index in [0.717, 1.165) is 5.57 Å². The van der Waals surface area contributed by atoms with Gasteiger partial charge in [0.25, 0.3) is 0 Å². The van der Waals surface area contributed by atoms with Crippen molar-refractivity contribution in [3.05, 3.63) is 23.7 Å². The fourth-order valence-corrected chi connectivity index (χ4v) is 2.99. The molecular weight excluding hydrogens is 358 g/mol. The van der Waals surface area contributed by atoms with E-state index in [-0.39, 0.29) is 6.61 Å². The molecule has 0 bridgehead atoms. The highest BCUT2D eigenvalue weighted by Crippen LogP contribution is 2.32. The second-order valence-corrected chi connectivity index (χ2v) is 6.58. The number of nitrogens with zero attached hydrogens (tertiary/aromatic N) is 4. The number of aromatic nitrogens is 2. The largest absolute Gasteiger partial charge is 0.394 e. The number of fused-ring (bicyclic) bond motifs is 1. The van der Waals surface area contributed by atoms with Crippen LogP contribution in [0.15, 0.2) is 23.0 Å². The van der Waals surface area contributed by atoms with Crippen molar-refractivity contribution >= 4 is 12.2 Å². The summed E-state index contributed by atoms with van der Waals surface area (Å²) in [6.07, 6.45) is -1.45. The molecule has 0 saturated carbocycles. The quantitative estimate of drug-likeness (QED) is 0.299. The normalized spacial score (nSPS) is 31.3. The van der Waals surface area contributed by atoms with E-state index < -0.39 is 37.3 Å². The molecule has 27 heavy (non-hydrogen) atoms. The van der Waals surface area contributed by atoms with E-state index in [4.69, 9.17) is 9.84 Å². The van der Waals surface area contributed by atoms with Crippen molar-refractivity contribution in [1.82, 2.24) is 20.0 Å². The molecule has 5 atom stereocenters. The van der Waals surface area contributed by atoms with Crippen molar-refractivity contribution in [2.75, 3.05) is 19.8 Å². The lowest BCUT2D eigenvalue weighted by Gasteiger charge is -2.41. The summed E-state index contributed by atoms with van der Waals surface area (Å²) in [5, 5.41) is 50.4. The van der Waals surface area contributed by atoms with Crippen molar-refractivity contribution in [2.45, 2.75) is 44.1 Å². The van der Waals surface area contributed by atoms with Crippen LogP contribution >= 0.6 is 0 Å². The SMILES string of the molecule is C/C(=C\CNN1C=Nc2ncn([C@@H]3O[C@H](CO)[C@@H](O)[C@H](O)[C@H]3O)c2C1)CO. The van der Waals surface area contributed by atoms with Crippen molar-refractivity contribution < 1.29 is 30.3 Å².